The Kier molecular flexibility index (Phi) is 4.90. The molecule has 0 aliphatic rings. The van der Waals surface area contributed by atoms with E-state index >= 15 is 0 Å². The highest BCUT2D eigenvalue weighted by Gasteiger charge is 2.16. The van der Waals surface area contributed by atoms with E-state index < -0.39 is 0 Å². The standard InChI is InChI=1S/C19H13Cl2N3O2/c1-26-18-6-10(2-5-17(18)25)13-8-16(24-19(23)14(13)9-22)12-4-3-11(20)7-15(12)21/h2-8,25H,1H3,(H2,23,24). The first-order valence-electron chi connectivity index (χ1n) is 7.48. The number of methoxy groups -OCH3 is 1. The van der Waals surface area contributed by atoms with Crippen molar-refractivity contribution in [1.82, 2.24) is 4.98 Å². The van der Waals surface area contributed by atoms with Crippen molar-refractivity contribution in [3.63, 3.8) is 0 Å². The Bertz CT molecular complexity index is 1050. The van der Waals surface area contributed by atoms with Gasteiger partial charge in [-0.2, -0.15) is 5.26 Å². The fourth-order valence-electron chi connectivity index (χ4n) is 2.59. The Morgan fingerprint density at radius 3 is 2.54 bits per heavy atom. The molecule has 0 unspecified atom stereocenters. The number of phenols is 1. The lowest BCUT2D eigenvalue weighted by Gasteiger charge is -2.12. The summed E-state index contributed by atoms with van der Waals surface area (Å²) in [6.07, 6.45) is 0. The quantitative estimate of drug-likeness (QED) is 0.669. The average molecular weight is 386 g/mol. The number of hydrogen-bond donors (Lipinski definition) is 2. The van der Waals surface area contributed by atoms with Crippen LogP contribution >= 0.6 is 23.2 Å². The zero-order chi connectivity index (χ0) is 18.8. The van der Waals surface area contributed by atoms with Crippen LogP contribution in [0.25, 0.3) is 22.4 Å². The summed E-state index contributed by atoms with van der Waals surface area (Å²) in [6, 6.07) is 13.6. The number of hydrogen-bond acceptors (Lipinski definition) is 5. The molecule has 0 saturated carbocycles. The minimum absolute atomic E-state index is 0.00208. The number of nitrogens with two attached hydrogens (primary N) is 1. The third-order valence-electron chi connectivity index (χ3n) is 3.86. The van der Waals surface area contributed by atoms with Crippen molar-refractivity contribution < 1.29 is 9.84 Å². The summed E-state index contributed by atoms with van der Waals surface area (Å²) in [5.74, 6) is 0.365. The van der Waals surface area contributed by atoms with E-state index in [1.165, 1.54) is 13.2 Å². The van der Waals surface area contributed by atoms with Gasteiger partial charge in [-0.15, -0.1) is 0 Å². The van der Waals surface area contributed by atoms with Crippen LogP contribution in [0.4, 0.5) is 5.82 Å². The maximum Gasteiger partial charge on any atom is 0.161 e. The van der Waals surface area contributed by atoms with Crippen molar-refractivity contribution in [2.75, 3.05) is 12.8 Å². The maximum absolute atomic E-state index is 9.80. The minimum Gasteiger partial charge on any atom is -0.504 e. The molecular formula is C19H13Cl2N3O2. The topological polar surface area (TPSA) is 92.2 Å². The summed E-state index contributed by atoms with van der Waals surface area (Å²) < 4.78 is 5.14. The number of aromatic hydroxyl groups is 1. The molecule has 3 rings (SSSR count). The van der Waals surface area contributed by atoms with Crippen molar-refractivity contribution in [2.24, 2.45) is 0 Å². The molecule has 0 spiro atoms. The number of pyridine rings is 1. The highest BCUT2D eigenvalue weighted by atomic mass is 35.5. The van der Waals surface area contributed by atoms with Crippen LogP contribution in [0.3, 0.4) is 0 Å². The van der Waals surface area contributed by atoms with Gasteiger partial charge in [0.15, 0.2) is 11.5 Å². The number of aromatic nitrogens is 1. The molecule has 7 heteroatoms. The van der Waals surface area contributed by atoms with Crippen LogP contribution in [0.15, 0.2) is 42.5 Å². The van der Waals surface area contributed by atoms with Gasteiger partial charge in [-0.3, -0.25) is 0 Å². The second-order valence-corrected chi connectivity index (χ2v) is 6.28. The second kappa shape index (κ2) is 7.12. The molecule has 1 heterocycles. The largest absolute Gasteiger partial charge is 0.504 e. The number of phenolic OH excluding ortho intramolecular Hbond substituents is 1. The van der Waals surface area contributed by atoms with Crippen LogP contribution in [0, 0.1) is 11.3 Å². The van der Waals surface area contributed by atoms with Gasteiger partial charge in [0, 0.05) is 16.1 Å². The zero-order valence-electron chi connectivity index (χ0n) is 13.6. The molecule has 1 aromatic heterocycles. The van der Waals surface area contributed by atoms with Crippen LogP contribution < -0.4 is 10.5 Å². The number of anilines is 1. The molecule has 0 bridgehead atoms. The first-order chi connectivity index (χ1) is 12.4. The smallest absolute Gasteiger partial charge is 0.161 e. The van der Waals surface area contributed by atoms with Crippen LogP contribution in [-0.4, -0.2) is 17.2 Å². The summed E-state index contributed by atoms with van der Waals surface area (Å²) in [5.41, 5.74) is 8.58. The van der Waals surface area contributed by atoms with E-state index in [0.29, 0.717) is 32.4 Å². The van der Waals surface area contributed by atoms with Crippen LogP contribution in [0.2, 0.25) is 10.0 Å². The lowest BCUT2D eigenvalue weighted by atomic mass is 9.98. The highest BCUT2D eigenvalue weighted by molar-refractivity contribution is 6.36. The lowest BCUT2D eigenvalue weighted by Crippen LogP contribution is -2.00. The Hall–Kier alpha value is -2.94. The average Bonchev–Trinajstić information content (AvgIpc) is 2.61. The van der Waals surface area contributed by atoms with E-state index in [2.05, 4.69) is 11.1 Å². The van der Waals surface area contributed by atoms with Gasteiger partial charge >= 0.3 is 0 Å². The molecular weight excluding hydrogens is 373 g/mol. The zero-order valence-corrected chi connectivity index (χ0v) is 15.1. The van der Waals surface area contributed by atoms with Crippen molar-refractivity contribution in [2.45, 2.75) is 0 Å². The van der Waals surface area contributed by atoms with Crippen molar-refractivity contribution in [3.8, 4) is 40.0 Å². The normalized spacial score (nSPS) is 10.4. The number of benzene rings is 2. The van der Waals surface area contributed by atoms with E-state index in [4.69, 9.17) is 33.7 Å². The summed E-state index contributed by atoms with van der Waals surface area (Å²) in [7, 11) is 1.45. The molecule has 3 aromatic rings. The van der Waals surface area contributed by atoms with E-state index in [1.807, 2.05) is 0 Å². The van der Waals surface area contributed by atoms with E-state index in [-0.39, 0.29) is 22.9 Å². The third kappa shape index (κ3) is 3.25. The van der Waals surface area contributed by atoms with E-state index in [0.717, 1.165) is 0 Å². The molecule has 3 N–H and O–H groups in total. The molecule has 0 atom stereocenters. The third-order valence-corrected chi connectivity index (χ3v) is 4.40. The molecule has 0 aliphatic heterocycles. The second-order valence-electron chi connectivity index (χ2n) is 5.44. The first-order valence-corrected chi connectivity index (χ1v) is 8.23. The Morgan fingerprint density at radius 2 is 1.88 bits per heavy atom. The number of rotatable bonds is 3. The SMILES string of the molecule is COc1cc(-c2cc(-c3ccc(Cl)cc3Cl)nc(N)c2C#N)ccc1O. The molecule has 0 saturated heterocycles. The van der Waals surface area contributed by atoms with E-state index in [9.17, 15) is 10.4 Å². The molecule has 5 nitrogen and oxygen atoms in total. The number of nitrogens with zero attached hydrogens (tertiary/aromatic N) is 2. The number of nitriles is 1. The highest BCUT2D eigenvalue weighted by Crippen LogP contribution is 2.37. The van der Waals surface area contributed by atoms with Crippen molar-refractivity contribution >= 4 is 29.0 Å². The van der Waals surface area contributed by atoms with Gasteiger partial charge in [0.2, 0.25) is 0 Å². The van der Waals surface area contributed by atoms with Gasteiger partial charge < -0.3 is 15.6 Å². The van der Waals surface area contributed by atoms with Gasteiger partial charge in [-0.1, -0.05) is 29.3 Å². The summed E-state index contributed by atoms with van der Waals surface area (Å²) in [5, 5.41) is 20.2. The van der Waals surface area contributed by atoms with Gasteiger partial charge in [0.05, 0.1) is 17.8 Å². The van der Waals surface area contributed by atoms with Gasteiger partial charge in [0.25, 0.3) is 0 Å². The molecule has 130 valence electrons. The maximum atomic E-state index is 9.80. The van der Waals surface area contributed by atoms with Gasteiger partial charge in [-0.05, 0) is 42.0 Å². The fourth-order valence-corrected chi connectivity index (χ4v) is 3.10. The molecule has 2 aromatic carbocycles. The van der Waals surface area contributed by atoms with Crippen LogP contribution in [0.1, 0.15) is 5.56 Å². The molecule has 26 heavy (non-hydrogen) atoms. The summed E-state index contributed by atoms with van der Waals surface area (Å²) >= 11 is 12.2. The molecule has 0 fully saturated rings. The Morgan fingerprint density at radius 1 is 1.12 bits per heavy atom. The summed E-state index contributed by atoms with van der Waals surface area (Å²) in [6.45, 7) is 0. The summed E-state index contributed by atoms with van der Waals surface area (Å²) in [4.78, 5) is 4.30. The van der Waals surface area contributed by atoms with Gasteiger partial charge in [-0.25, -0.2) is 4.98 Å². The number of nitrogen functional groups attached to an aromatic ring is 1. The molecule has 0 aliphatic carbocycles. The monoisotopic (exact) mass is 385 g/mol. The minimum atomic E-state index is -0.00208. The Labute approximate surface area is 160 Å². The van der Waals surface area contributed by atoms with E-state index in [1.54, 1.807) is 36.4 Å². The van der Waals surface area contributed by atoms with Gasteiger partial charge in [0.1, 0.15) is 17.5 Å². The van der Waals surface area contributed by atoms with Crippen LogP contribution in [0.5, 0.6) is 11.5 Å². The molecule has 0 radical (unpaired) electrons. The Balaban J connectivity index is 2.25. The van der Waals surface area contributed by atoms with Crippen molar-refractivity contribution in [3.05, 3.63) is 58.1 Å². The van der Waals surface area contributed by atoms with Crippen molar-refractivity contribution in [1.29, 1.82) is 5.26 Å². The fraction of sp³-hybridized carbons (Fsp3) is 0.0526. The first kappa shape index (κ1) is 17.9. The lowest BCUT2D eigenvalue weighted by molar-refractivity contribution is 0.373. The predicted octanol–water partition coefficient (Wildman–Crippen LogP) is 4.89. The number of ether oxygens (including phenoxy) is 1. The van der Waals surface area contributed by atoms with Crippen LogP contribution in [-0.2, 0) is 0 Å². The predicted molar refractivity (Wildman–Crippen MR) is 102 cm³/mol. The number of halogens is 2. The molecule has 0 amide bonds.